The van der Waals surface area contributed by atoms with Crippen molar-refractivity contribution in [3.8, 4) is 5.75 Å². The Morgan fingerprint density at radius 1 is 1.16 bits per heavy atom. The van der Waals surface area contributed by atoms with E-state index in [-0.39, 0.29) is 17.0 Å². The molecule has 0 bridgehead atoms. The van der Waals surface area contributed by atoms with E-state index < -0.39 is 10.0 Å². The number of sulfonamides is 1. The lowest BCUT2D eigenvalue weighted by molar-refractivity contribution is 0.220. The highest BCUT2D eigenvalue weighted by Crippen LogP contribution is 2.17. The summed E-state index contributed by atoms with van der Waals surface area (Å²) in [5.41, 5.74) is 0. The van der Waals surface area contributed by atoms with Crippen LogP contribution in [-0.2, 0) is 10.0 Å². The molecule has 0 aliphatic heterocycles. The van der Waals surface area contributed by atoms with Gasteiger partial charge in [0.05, 0.1) is 4.90 Å². The molecule has 5 nitrogen and oxygen atoms in total. The van der Waals surface area contributed by atoms with E-state index in [0.29, 0.717) is 5.75 Å². The molecule has 0 radical (unpaired) electrons. The monoisotopic (exact) mass is 286 g/mol. The summed E-state index contributed by atoms with van der Waals surface area (Å²) in [6.07, 6.45) is 0.0289. The summed E-state index contributed by atoms with van der Waals surface area (Å²) < 4.78 is 32.0. The minimum atomic E-state index is -3.43. The first-order chi connectivity index (χ1) is 8.85. The summed E-state index contributed by atoms with van der Waals surface area (Å²) in [5, 5.41) is 3.01. The molecule has 0 aliphatic carbocycles. The maximum atomic E-state index is 11.9. The van der Waals surface area contributed by atoms with Gasteiger partial charge in [-0.15, -0.1) is 0 Å². The summed E-state index contributed by atoms with van der Waals surface area (Å²) in [4.78, 5) is 0.245. The van der Waals surface area contributed by atoms with E-state index in [4.69, 9.17) is 4.74 Å². The number of likely N-dealkylation sites (N-methyl/N-ethyl adjacent to an activating group) is 1. The highest BCUT2D eigenvalue weighted by Gasteiger charge is 2.15. The fourth-order valence-corrected chi connectivity index (χ4v) is 2.89. The number of hydrogen-bond acceptors (Lipinski definition) is 4. The smallest absolute Gasteiger partial charge is 0.240 e. The lowest BCUT2D eigenvalue weighted by atomic mass is 10.3. The lowest BCUT2D eigenvalue weighted by Crippen LogP contribution is -2.30. The fraction of sp³-hybridized carbons (Fsp3) is 0.538. The van der Waals surface area contributed by atoms with Crippen LogP contribution in [0.2, 0.25) is 0 Å². The van der Waals surface area contributed by atoms with Gasteiger partial charge in [-0.3, -0.25) is 0 Å². The second-order valence-electron chi connectivity index (χ2n) is 4.73. The topological polar surface area (TPSA) is 67.4 Å². The second-order valence-corrected chi connectivity index (χ2v) is 6.45. The van der Waals surface area contributed by atoms with Crippen molar-refractivity contribution in [2.24, 2.45) is 0 Å². The highest BCUT2D eigenvalue weighted by atomic mass is 32.2. The zero-order chi connectivity index (χ0) is 14.5. The quantitative estimate of drug-likeness (QED) is 0.794. The van der Waals surface area contributed by atoms with Crippen molar-refractivity contribution in [3.63, 3.8) is 0 Å². The molecule has 0 amide bonds. The molecule has 2 N–H and O–H groups in total. The predicted octanol–water partition coefficient (Wildman–Crippen LogP) is 1.36. The van der Waals surface area contributed by atoms with Gasteiger partial charge in [0.25, 0.3) is 0 Å². The summed E-state index contributed by atoms with van der Waals surface area (Å²) in [7, 11) is -1.58. The lowest BCUT2D eigenvalue weighted by Gasteiger charge is -2.15. The molecule has 1 aromatic rings. The molecule has 0 saturated heterocycles. The molecule has 19 heavy (non-hydrogen) atoms. The van der Waals surface area contributed by atoms with Crippen molar-refractivity contribution in [3.05, 3.63) is 24.3 Å². The van der Waals surface area contributed by atoms with Crippen molar-refractivity contribution in [2.75, 3.05) is 13.6 Å². The van der Waals surface area contributed by atoms with Crippen LogP contribution in [0.4, 0.5) is 0 Å². The molecular weight excluding hydrogens is 264 g/mol. The van der Waals surface area contributed by atoms with Crippen LogP contribution >= 0.6 is 0 Å². The van der Waals surface area contributed by atoms with Gasteiger partial charge in [-0.2, -0.15) is 0 Å². The van der Waals surface area contributed by atoms with Crippen molar-refractivity contribution < 1.29 is 13.2 Å². The Balaban J connectivity index is 2.76. The molecule has 0 aliphatic rings. The SMILES string of the molecule is CNCC(C)Oc1ccc(S(=O)(=O)NC(C)C)cc1. The van der Waals surface area contributed by atoms with E-state index in [9.17, 15) is 8.42 Å². The van der Waals surface area contributed by atoms with E-state index >= 15 is 0 Å². The first kappa shape index (κ1) is 15.9. The number of hydrogen-bond donors (Lipinski definition) is 2. The molecule has 0 heterocycles. The van der Waals surface area contributed by atoms with Crippen LogP contribution in [0.5, 0.6) is 5.75 Å². The van der Waals surface area contributed by atoms with Crippen molar-refractivity contribution >= 4 is 10.0 Å². The predicted molar refractivity (Wildman–Crippen MR) is 75.9 cm³/mol. The van der Waals surface area contributed by atoms with E-state index in [2.05, 4.69) is 10.0 Å². The van der Waals surface area contributed by atoms with Crippen molar-refractivity contribution in [1.29, 1.82) is 0 Å². The Morgan fingerprint density at radius 3 is 2.21 bits per heavy atom. The molecule has 0 aromatic heterocycles. The van der Waals surface area contributed by atoms with Gasteiger partial charge in [0.2, 0.25) is 10.0 Å². The first-order valence-electron chi connectivity index (χ1n) is 6.29. The van der Waals surface area contributed by atoms with Crippen LogP contribution in [0.15, 0.2) is 29.2 Å². The average molecular weight is 286 g/mol. The number of rotatable bonds is 7. The molecule has 1 unspecified atom stereocenters. The van der Waals surface area contributed by atoms with Crippen molar-refractivity contribution in [1.82, 2.24) is 10.0 Å². The average Bonchev–Trinajstić information content (AvgIpc) is 2.28. The molecule has 1 atom stereocenters. The Bertz CT molecular complexity index is 483. The number of nitrogens with one attached hydrogen (secondary N) is 2. The normalized spacial score (nSPS) is 13.5. The minimum Gasteiger partial charge on any atom is -0.489 e. The molecule has 0 fully saturated rings. The summed E-state index contributed by atoms with van der Waals surface area (Å²) >= 11 is 0. The molecular formula is C13H22N2O3S. The van der Waals surface area contributed by atoms with Crippen molar-refractivity contribution in [2.45, 2.75) is 37.8 Å². The molecule has 6 heteroatoms. The van der Waals surface area contributed by atoms with Gasteiger partial charge in [-0.25, -0.2) is 13.1 Å². The largest absolute Gasteiger partial charge is 0.489 e. The van der Waals surface area contributed by atoms with Crippen LogP contribution < -0.4 is 14.8 Å². The van der Waals surface area contributed by atoms with Crippen LogP contribution in [0.1, 0.15) is 20.8 Å². The molecule has 0 spiro atoms. The van der Waals surface area contributed by atoms with Gasteiger partial charge >= 0.3 is 0 Å². The second kappa shape index (κ2) is 6.88. The van der Waals surface area contributed by atoms with E-state index in [1.807, 2.05) is 14.0 Å². The number of benzene rings is 1. The molecule has 108 valence electrons. The molecule has 0 saturated carbocycles. The molecule has 1 rings (SSSR count). The Hall–Kier alpha value is -1.11. The standard InChI is InChI=1S/C13H22N2O3S/c1-10(2)15-19(16,17)13-7-5-12(6-8-13)18-11(3)9-14-4/h5-8,10-11,14-15H,9H2,1-4H3. The van der Waals surface area contributed by atoms with Gasteiger partial charge in [-0.05, 0) is 52.1 Å². The first-order valence-corrected chi connectivity index (χ1v) is 7.77. The summed E-state index contributed by atoms with van der Waals surface area (Å²) in [6.45, 7) is 6.25. The minimum absolute atomic E-state index is 0.0289. The van der Waals surface area contributed by atoms with Gasteiger partial charge < -0.3 is 10.1 Å². The van der Waals surface area contributed by atoms with E-state index in [1.54, 1.807) is 38.1 Å². The summed E-state index contributed by atoms with van der Waals surface area (Å²) in [6, 6.07) is 6.30. The number of ether oxygens (including phenoxy) is 1. The third-order valence-electron chi connectivity index (χ3n) is 2.35. The van der Waals surface area contributed by atoms with Gasteiger partial charge in [0.1, 0.15) is 11.9 Å². The van der Waals surface area contributed by atoms with Gasteiger partial charge in [0.15, 0.2) is 0 Å². The van der Waals surface area contributed by atoms with Gasteiger partial charge in [0, 0.05) is 12.6 Å². The molecule has 1 aromatic carbocycles. The van der Waals surface area contributed by atoms with Crippen LogP contribution in [0, 0.1) is 0 Å². The Kier molecular flexibility index (Phi) is 5.78. The zero-order valence-corrected chi connectivity index (χ0v) is 12.6. The third-order valence-corrected chi connectivity index (χ3v) is 4.03. The Labute approximate surface area is 115 Å². The van der Waals surface area contributed by atoms with E-state index in [0.717, 1.165) is 6.54 Å². The maximum Gasteiger partial charge on any atom is 0.240 e. The third kappa shape index (κ3) is 5.18. The zero-order valence-electron chi connectivity index (χ0n) is 11.8. The Morgan fingerprint density at radius 2 is 1.74 bits per heavy atom. The maximum absolute atomic E-state index is 11.9. The summed E-state index contributed by atoms with van der Waals surface area (Å²) in [5.74, 6) is 0.659. The van der Waals surface area contributed by atoms with Gasteiger partial charge in [-0.1, -0.05) is 0 Å². The van der Waals surface area contributed by atoms with E-state index in [1.165, 1.54) is 0 Å². The fourth-order valence-electron chi connectivity index (χ4n) is 1.64. The van der Waals surface area contributed by atoms with Crippen LogP contribution in [0.25, 0.3) is 0 Å². The van der Waals surface area contributed by atoms with Crippen LogP contribution in [0.3, 0.4) is 0 Å². The highest BCUT2D eigenvalue weighted by molar-refractivity contribution is 7.89. The van der Waals surface area contributed by atoms with Crippen LogP contribution in [-0.4, -0.2) is 34.2 Å².